The molecular weight excluding hydrogens is 332 g/mol. The minimum Gasteiger partial charge on any atom is -0.459 e. The van der Waals surface area contributed by atoms with Gasteiger partial charge in [-0.05, 0) is 32.0 Å². The Balaban J connectivity index is 1.74. The summed E-state index contributed by atoms with van der Waals surface area (Å²) in [5, 5.41) is 9.07. The van der Waals surface area contributed by atoms with E-state index in [4.69, 9.17) is 10.00 Å². The first-order valence-electron chi connectivity index (χ1n) is 8.07. The Hall–Kier alpha value is -3.46. The highest BCUT2D eigenvalue weighted by atomic mass is 16.5. The zero-order valence-corrected chi connectivity index (χ0v) is 14.4. The molecule has 1 aliphatic heterocycles. The average Bonchev–Trinajstić information content (AvgIpc) is 2.89. The van der Waals surface area contributed by atoms with Crippen LogP contribution in [0.15, 0.2) is 42.5 Å². The van der Waals surface area contributed by atoms with Crippen LogP contribution in [0.5, 0.6) is 0 Å². The maximum Gasteiger partial charge on any atom is 0.329 e. The number of hydrogen-bond donors (Lipinski definition) is 0. The number of benzene rings is 2. The van der Waals surface area contributed by atoms with Crippen molar-refractivity contribution in [3.8, 4) is 6.07 Å². The van der Waals surface area contributed by atoms with Crippen LogP contribution in [0.25, 0.3) is 0 Å². The third-order valence-electron chi connectivity index (χ3n) is 4.31. The number of amides is 2. The summed E-state index contributed by atoms with van der Waals surface area (Å²) < 4.78 is 5.23. The topological polar surface area (TPSA) is 87.5 Å². The number of carbonyl (C=O) groups excluding carboxylic acids is 3. The summed E-state index contributed by atoms with van der Waals surface area (Å²) in [6.07, 6.45) is 0. The van der Waals surface area contributed by atoms with E-state index in [0.29, 0.717) is 16.7 Å². The Bertz CT molecular complexity index is 959. The normalized spacial score (nSPS) is 14.0. The Labute approximate surface area is 150 Å². The zero-order valence-electron chi connectivity index (χ0n) is 14.4. The molecule has 3 rings (SSSR count). The number of ether oxygens (including phenoxy) is 1. The lowest BCUT2D eigenvalue weighted by Gasteiger charge is -2.21. The van der Waals surface area contributed by atoms with Crippen LogP contribution in [-0.2, 0) is 16.1 Å². The number of nitriles is 1. The van der Waals surface area contributed by atoms with E-state index >= 15 is 0 Å². The summed E-state index contributed by atoms with van der Waals surface area (Å²) in [4.78, 5) is 38.3. The van der Waals surface area contributed by atoms with Gasteiger partial charge in [-0.25, -0.2) is 4.79 Å². The van der Waals surface area contributed by atoms with Crippen molar-refractivity contribution in [1.29, 1.82) is 5.26 Å². The van der Waals surface area contributed by atoms with Crippen molar-refractivity contribution in [2.45, 2.75) is 26.5 Å². The summed E-state index contributed by atoms with van der Waals surface area (Å²) in [5.74, 6) is -1.72. The number of carbonyl (C=O) groups is 3. The monoisotopic (exact) mass is 348 g/mol. The molecule has 1 aliphatic rings. The van der Waals surface area contributed by atoms with Gasteiger partial charge in [0.05, 0.1) is 22.8 Å². The summed E-state index contributed by atoms with van der Waals surface area (Å²) in [5.41, 5.74) is 2.41. The number of nitrogens with zero attached hydrogens (tertiary/aromatic N) is 2. The standard InChI is InChI=1S/C20H16N2O4/c1-12-7-8-16-17(9-12)19(24)22(18(16)23)13(2)20(25)26-11-15-6-4-3-5-14(15)10-21/h3-9,13H,11H2,1-2H3/t13-/m1/s1. The van der Waals surface area contributed by atoms with Gasteiger partial charge >= 0.3 is 5.97 Å². The first-order chi connectivity index (χ1) is 12.4. The van der Waals surface area contributed by atoms with Gasteiger partial charge in [-0.2, -0.15) is 5.26 Å². The molecule has 0 aromatic heterocycles. The second kappa shape index (κ2) is 6.81. The van der Waals surface area contributed by atoms with Crippen LogP contribution in [0.2, 0.25) is 0 Å². The molecule has 6 heteroatoms. The average molecular weight is 348 g/mol. The van der Waals surface area contributed by atoms with Crippen LogP contribution in [0, 0.1) is 18.3 Å². The van der Waals surface area contributed by atoms with E-state index in [9.17, 15) is 14.4 Å². The van der Waals surface area contributed by atoms with Gasteiger partial charge in [0.25, 0.3) is 11.8 Å². The highest BCUT2D eigenvalue weighted by Crippen LogP contribution is 2.26. The summed E-state index contributed by atoms with van der Waals surface area (Å²) in [7, 11) is 0. The molecule has 1 atom stereocenters. The van der Waals surface area contributed by atoms with Crippen LogP contribution in [0.4, 0.5) is 0 Å². The van der Waals surface area contributed by atoms with Crippen molar-refractivity contribution in [3.05, 3.63) is 70.3 Å². The first kappa shape index (κ1) is 17.4. The maximum absolute atomic E-state index is 12.5. The van der Waals surface area contributed by atoms with Gasteiger partial charge in [0.1, 0.15) is 12.6 Å². The van der Waals surface area contributed by atoms with Crippen molar-refractivity contribution < 1.29 is 19.1 Å². The molecule has 0 radical (unpaired) electrons. The third-order valence-corrected chi connectivity index (χ3v) is 4.31. The van der Waals surface area contributed by atoms with Crippen molar-refractivity contribution in [2.24, 2.45) is 0 Å². The second-order valence-corrected chi connectivity index (χ2v) is 6.08. The molecule has 0 spiro atoms. The van der Waals surface area contributed by atoms with E-state index in [0.717, 1.165) is 10.5 Å². The van der Waals surface area contributed by atoms with Gasteiger partial charge in [0, 0.05) is 5.56 Å². The van der Waals surface area contributed by atoms with Gasteiger partial charge in [-0.15, -0.1) is 0 Å². The highest BCUT2D eigenvalue weighted by Gasteiger charge is 2.41. The number of aryl methyl sites for hydroxylation is 1. The lowest BCUT2D eigenvalue weighted by molar-refractivity contribution is -0.149. The fourth-order valence-corrected chi connectivity index (χ4v) is 2.86. The van der Waals surface area contributed by atoms with Gasteiger partial charge < -0.3 is 4.74 Å². The van der Waals surface area contributed by atoms with Crippen molar-refractivity contribution >= 4 is 17.8 Å². The van der Waals surface area contributed by atoms with Gasteiger partial charge in [-0.3, -0.25) is 14.5 Å². The van der Waals surface area contributed by atoms with E-state index in [1.165, 1.54) is 6.92 Å². The lowest BCUT2D eigenvalue weighted by atomic mass is 10.1. The van der Waals surface area contributed by atoms with Crippen LogP contribution in [0.1, 0.15) is 44.3 Å². The van der Waals surface area contributed by atoms with E-state index in [1.54, 1.807) is 42.5 Å². The second-order valence-electron chi connectivity index (χ2n) is 6.08. The fourth-order valence-electron chi connectivity index (χ4n) is 2.86. The molecule has 2 aromatic rings. The molecule has 1 heterocycles. The minimum absolute atomic E-state index is 0.102. The maximum atomic E-state index is 12.5. The molecule has 26 heavy (non-hydrogen) atoms. The summed E-state index contributed by atoms with van der Waals surface area (Å²) >= 11 is 0. The lowest BCUT2D eigenvalue weighted by Crippen LogP contribution is -2.43. The Morgan fingerprint density at radius 2 is 1.85 bits per heavy atom. The SMILES string of the molecule is Cc1ccc2c(c1)C(=O)N([C@H](C)C(=O)OCc1ccccc1C#N)C2=O. The van der Waals surface area contributed by atoms with Gasteiger partial charge in [0.2, 0.25) is 0 Å². The molecule has 130 valence electrons. The number of rotatable bonds is 4. The fraction of sp³-hybridized carbons (Fsp3) is 0.200. The molecule has 0 aliphatic carbocycles. The van der Waals surface area contributed by atoms with Crippen molar-refractivity contribution in [1.82, 2.24) is 4.90 Å². The van der Waals surface area contributed by atoms with E-state index in [2.05, 4.69) is 0 Å². The Kier molecular flexibility index (Phi) is 4.55. The third kappa shape index (κ3) is 2.95. The highest BCUT2D eigenvalue weighted by molar-refractivity contribution is 6.22. The molecule has 0 unspecified atom stereocenters. The summed E-state index contributed by atoms with van der Waals surface area (Å²) in [6.45, 7) is 3.17. The Morgan fingerprint density at radius 1 is 1.15 bits per heavy atom. The number of fused-ring (bicyclic) bond motifs is 1. The van der Waals surface area contributed by atoms with Crippen LogP contribution in [-0.4, -0.2) is 28.7 Å². The molecule has 2 aromatic carbocycles. The Morgan fingerprint density at radius 3 is 2.58 bits per heavy atom. The quantitative estimate of drug-likeness (QED) is 0.626. The van der Waals surface area contributed by atoms with E-state index < -0.39 is 23.8 Å². The van der Waals surface area contributed by atoms with Crippen LogP contribution >= 0.6 is 0 Å². The van der Waals surface area contributed by atoms with Crippen molar-refractivity contribution in [2.75, 3.05) is 0 Å². The smallest absolute Gasteiger partial charge is 0.329 e. The molecule has 6 nitrogen and oxygen atoms in total. The zero-order chi connectivity index (χ0) is 18.8. The van der Waals surface area contributed by atoms with Crippen molar-refractivity contribution in [3.63, 3.8) is 0 Å². The molecule has 0 saturated carbocycles. The minimum atomic E-state index is -1.06. The molecule has 0 saturated heterocycles. The first-order valence-corrected chi connectivity index (χ1v) is 8.07. The molecule has 0 N–H and O–H groups in total. The molecule has 0 bridgehead atoms. The van der Waals surface area contributed by atoms with E-state index in [-0.39, 0.29) is 12.2 Å². The van der Waals surface area contributed by atoms with Gasteiger partial charge in [-0.1, -0.05) is 29.8 Å². The number of hydrogen-bond acceptors (Lipinski definition) is 5. The largest absolute Gasteiger partial charge is 0.459 e. The predicted octanol–water partition coefficient (Wildman–Crippen LogP) is 2.59. The number of imide groups is 1. The molecule has 2 amide bonds. The predicted molar refractivity (Wildman–Crippen MR) is 92.1 cm³/mol. The number of esters is 1. The van der Waals surface area contributed by atoms with E-state index in [1.807, 2.05) is 13.0 Å². The molecular formula is C20H16N2O4. The van der Waals surface area contributed by atoms with Crippen LogP contribution < -0.4 is 0 Å². The molecule has 0 fully saturated rings. The summed E-state index contributed by atoms with van der Waals surface area (Å²) in [6, 6.07) is 12.7. The van der Waals surface area contributed by atoms with Gasteiger partial charge in [0.15, 0.2) is 0 Å². The van der Waals surface area contributed by atoms with Crippen LogP contribution in [0.3, 0.4) is 0 Å².